The first-order valence-corrected chi connectivity index (χ1v) is 6.05. The fourth-order valence-electron chi connectivity index (χ4n) is 3.22. The van der Waals surface area contributed by atoms with E-state index >= 15 is 0 Å². The van der Waals surface area contributed by atoms with Crippen molar-refractivity contribution in [2.75, 3.05) is 12.7 Å². The number of alkyl halides is 1. The van der Waals surface area contributed by atoms with Crippen LogP contribution in [0.25, 0.3) is 0 Å². The molecule has 2 saturated carbocycles. The van der Waals surface area contributed by atoms with Crippen molar-refractivity contribution < 1.29 is 4.74 Å². The highest BCUT2D eigenvalue weighted by Crippen LogP contribution is 2.42. The van der Waals surface area contributed by atoms with Crippen LogP contribution >= 0.6 is 11.6 Å². The minimum atomic E-state index is 0.367. The summed E-state index contributed by atoms with van der Waals surface area (Å²) in [6.45, 7) is 0.899. The molecule has 0 spiro atoms. The highest BCUT2D eigenvalue weighted by Gasteiger charge is 2.31. The molecule has 2 fully saturated rings. The molecule has 13 heavy (non-hydrogen) atoms. The van der Waals surface area contributed by atoms with Crippen molar-refractivity contribution in [2.45, 2.75) is 38.5 Å². The molecule has 2 rings (SSSR count). The van der Waals surface area contributed by atoms with E-state index in [0.717, 1.165) is 24.4 Å². The molecule has 0 aromatic heterocycles. The number of hydrogen-bond acceptors (Lipinski definition) is 1. The van der Waals surface area contributed by atoms with Gasteiger partial charge < -0.3 is 4.74 Å². The van der Waals surface area contributed by atoms with E-state index in [2.05, 4.69) is 0 Å². The fraction of sp³-hybridized carbons (Fsp3) is 1.00. The quantitative estimate of drug-likeness (QED) is 0.638. The third-order valence-corrected chi connectivity index (χ3v) is 3.81. The summed E-state index contributed by atoms with van der Waals surface area (Å²) >= 11 is 5.52. The summed E-state index contributed by atoms with van der Waals surface area (Å²) in [6, 6.07) is 0.367. The van der Waals surface area contributed by atoms with Gasteiger partial charge in [0.15, 0.2) is 0 Å². The van der Waals surface area contributed by atoms with Crippen molar-refractivity contribution in [3.63, 3.8) is 0 Å². The normalized spacial score (nSPS) is 39.0. The lowest BCUT2D eigenvalue weighted by molar-refractivity contribution is 0.0628. The zero-order chi connectivity index (χ0) is 9.10. The van der Waals surface area contributed by atoms with E-state index in [1.807, 2.05) is 0 Å². The first kappa shape index (κ1) is 9.79. The summed E-state index contributed by atoms with van der Waals surface area (Å²) in [4.78, 5) is 0. The summed E-state index contributed by atoms with van der Waals surface area (Å²) in [7, 11) is 0. The lowest BCUT2D eigenvalue weighted by Gasteiger charge is -2.38. The molecule has 2 aliphatic rings. The Morgan fingerprint density at radius 3 is 2.38 bits per heavy atom. The van der Waals surface area contributed by atoms with Gasteiger partial charge in [-0.3, -0.25) is 0 Å². The average Bonchev–Trinajstić information content (AvgIpc) is 2.14. The van der Waals surface area contributed by atoms with Crippen LogP contribution in [0.1, 0.15) is 38.5 Å². The first-order valence-electron chi connectivity index (χ1n) is 5.52. The Morgan fingerprint density at radius 1 is 1.08 bits per heavy atom. The lowest BCUT2D eigenvalue weighted by Crippen LogP contribution is -2.29. The van der Waals surface area contributed by atoms with Gasteiger partial charge in [-0.25, -0.2) is 0 Å². The summed E-state index contributed by atoms with van der Waals surface area (Å²) < 4.78 is 5.30. The molecular weight excluding hydrogens is 184 g/mol. The van der Waals surface area contributed by atoms with Crippen molar-refractivity contribution in [3.05, 3.63) is 0 Å². The Morgan fingerprint density at radius 2 is 1.77 bits per heavy atom. The maximum absolute atomic E-state index is 5.52. The molecular formula is C11H19ClO. The van der Waals surface area contributed by atoms with Crippen LogP contribution in [-0.4, -0.2) is 12.7 Å². The van der Waals surface area contributed by atoms with Crippen LogP contribution in [0, 0.1) is 17.8 Å². The number of fused-ring (bicyclic) bond motifs is 2. The summed E-state index contributed by atoms with van der Waals surface area (Å²) in [5.41, 5.74) is 0. The minimum Gasteiger partial charge on any atom is -0.365 e. The van der Waals surface area contributed by atoms with E-state index < -0.39 is 0 Å². The van der Waals surface area contributed by atoms with Gasteiger partial charge in [0, 0.05) is 0 Å². The highest BCUT2D eigenvalue weighted by molar-refractivity contribution is 6.17. The molecule has 0 aromatic rings. The second-order valence-electron chi connectivity index (χ2n) is 4.72. The minimum absolute atomic E-state index is 0.367. The van der Waals surface area contributed by atoms with Crippen molar-refractivity contribution in [1.82, 2.24) is 0 Å². The van der Waals surface area contributed by atoms with Crippen molar-refractivity contribution >= 4 is 11.6 Å². The third-order valence-electron chi connectivity index (χ3n) is 3.66. The molecule has 2 aliphatic carbocycles. The smallest absolute Gasteiger partial charge is 0.120 e. The van der Waals surface area contributed by atoms with Gasteiger partial charge in [0.2, 0.25) is 0 Å². The van der Waals surface area contributed by atoms with Gasteiger partial charge in [0.05, 0.1) is 6.61 Å². The Hall–Kier alpha value is 0.250. The second kappa shape index (κ2) is 4.65. The predicted molar refractivity (Wildman–Crippen MR) is 54.8 cm³/mol. The Balaban J connectivity index is 1.80. The van der Waals surface area contributed by atoms with Gasteiger partial charge in [-0.1, -0.05) is 30.9 Å². The third kappa shape index (κ3) is 2.60. The summed E-state index contributed by atoms with van der Waals surface area (Å²) in [5.74, 6) is 2.83. The van der Waals surface area contributed by atoms with Crippen molar-refractivity contribution in [3.8, 4) is 0 Å². The fourth-order valence-corrected chi connectivity index (χ4v) is 3.31. The molecule has 76 valence electrons. The molecule has 0 N–H and O–H groups in total. The van der Waals surface area contributed by atoms with E-state index in [1.54, 1.807) is 0 Å². The topological polar surface area (TPSA) is 9.23 Å². The Kier molecular flexibility index (Phi) is 3.51. The largest absolute Gasteiger partial charge is 0.365 e. The maximum atomic E-state index is 5.52. The molecule has 0 aliphatic heterocycles. The van der Waals surface area contributed by atoms with Crippen LogP contribution in [0.2, 0.25) is 0 Å². The van der Waals surface area contributed by atoms with E-state index in [0.29, 0.717) is 6.07 Å². The molecule has 2 bridgehead atoms. The van der Waals surface area contributed by atoms with E-state index in [1.165, 1.54) is 38.5 Å². The summed E-state index contributed by atoms with van der Waals surface area (Å²) in [6.07, 6.45) is 8.69. The molecule has 0 saturated heterocycles. The van der Waals surface area contributed by atoms with E-state index in [9.17, 15) is 0 Å². The van der Waals surface area contributed by atoms with Gasteiger partial charge in [0.25, 0.3) is 0 Å². The molecule has 0 radical (unpaired) electrons. The molecule has 0 amide bonds. The SMILES string of the molecule is ClCOCC1CC2CCCC(C2)C1. The standard InChI is InChI=1S/C11H19ClO/c12-8-13-7-11-5-9-2-1-3-10(4-9)6-11/h9-11H,1-8H2. The van der Waals surface area contributed by atoms with Crippen LogP contribution in [0.5, 0.6) is 0 Å². The maximum Gasteiger partial charge on any atom is 0.120 e. The van der Waals surface area contributed by atoms with Gasteiger partial charge in [-0.2, -0.15) is 0 Å². The van der Waals surface area contributed by atoms with Crippen LogP contribution in [0.15, 0.2) is 0 Å². The van der Waals surface area contributed by atoms with Crippen LogP contribution in [0.4, 0.5) is 0 Å². The molecule has 2 atom stereocenters. The monoisotopic (exact) mass is 202 g/mol. The van der Waals surface area contributed by atoms with E-state index in [4.69, 9.17) is 16.3 Å². The number of hydrogen-bond donors (Lipinski definition) is 0. The van der Waals surface area contributed by atoms with Crippen LogP contribution in [-0.2, 0) is 4.74 Å². The van der Waals surface area contributed by atoms with Crippen molar-refractivity contribution in [1.29, 1.82) is 0 Å². The average molecular weight is 203 g/mol. The Labute approximate surface area is 85.8 Å². The van der Waals surface area contributed by atoms with Crippen molar-refractivity contribution in [2.24, 2.45) is 17.8 Å². The molecule has 2 unspecified atom stereocenters. The number of halogens is 1. The van der Waals surface area contributed by atoms with Crippen LogP contribution in [0.3, 0.4) is 0 Å². The molecule has 0 aromatic carbocycles. The number of rotatable bonds is 3. The van der Waals surface area contributed by atoms with E-state index in [-0.39, 0.29) is 0 Å². The lowest BCUT2D eigenvalue weighted by atomic mass is 9.68. The van der Waals surface area contributed by atoms with Gasteiger partial charge in [0.1, 0.15) is 6.07 Å². The second-order valence-corrected chi connectivity index (χ2v) is 4.93. The number of ether oxygens (including phenoxy) is 1. The molecule has 0 heterocycles. The zero-order valence-corrected chi connectivity index (χ0v) is 8.93. The predicted octanol–water partition coefficient (Wildman–Crippen LogP) is 3.42. The Bertz CT molecular complexity index is 148. The zero-order valence-electron chi connectivity index (χ0n) is 8.18. The van der Waals surface area contributed by atoms with Gasteiger partial charge >= 0.3 is 0 Å². The van der Waals surface area contributed by atoms with Crippen LogP contribution < -0.4 is 0 Å². The summed E-state index contributed by atoms with van der Waals surface area (Å²) in [5, 5.41) is 0. The first-order chi connectivity index (χ1) is 6.38. The van der Waals surface area contributed by atoms with Gasteiger partial charge in [-0.15, -0.1) is 0 Å². The molecule has 2 heteroatoms. The molecule has 1 nitrogen and oxygen atoms in total. The van der Waals surface area contributed by atoms with Gasteiger partial charge in [-0.05, 0) is 37.0 Å². The highest BCUT2D eigenvalue weighted by atomic mass is 35.5.